The Bertz CT molecular complexity index is 1020. The van der Waals surface area contributed by atoms with E-state index in [1.807, 2.05) is 0 Å². The molecule has 1 fully saturated rings. The summed E-state index contributed by atoms with van der Waals surface area (Å²) in [7, 11) is -3.01. The Balaban J connectivity index is 2.02. The first-order valence-electron chi connectivity index (χ1n) is 10.7. The minimum absolute atomic E-state index is 0.0133. The quantitative estimate of drug-likeness (QED) is 0.380. The summed E-state index contributed by atoms with van der Waals surface area (Å²) in [6.07, 6.45) is -0.889. The lowest BCUT2D eigenvalue weighted by atomic mass is 10.00. The first kappa shape index (κ1) is 25.0. The number of carboxylic acid groups (broad SMARTS) is 1. The minimum Gasteiger partial charge on any atom is -0.497 e. The van der Waals surface area contributed by atoms with Crippen molar-refractivity contribution >= 4 is 15.9 Å². The molecule has 1 aliphatic carbocycles. The Hall–Kier alpha value is -2.66. The van der Waals surface area contributed by atoms with E-state index in [9.17, 15) is 23.4 Å². The predicted octanol–water partition coefficient (Wildman–Crippen LogP) is 2.28. The number of amides is 1. The fraction of sp³-hybridized carbons (Fsp3) is 0.435. The van der Waals surface area contributed by atoms with E-state index in [-0.39, 0.29) is 11.3 Å². The maximum absolute atomic E-state index is 13.7. The fourth-order valence-corrected chi connectivity index (χ4v) is 5.65. The molecule has 1 saturated carbocycles. The third-order valence-electron chi connectivity index (χ3n) is 5.84. The molecule has 9 nitrogen and oxygen atoms in total. The highest BCUT2D eigenvalue weighted by atomic mass is 32.2. The number of carbonyl (C=O) groups is 1. The van der Waals surface area contributed by atoms with E-state index >= 15 is 0 Å². The average Bonchev–Trinajstić information content (AvgIpc) is 3.31. The molecule has 0 aliphatic heterocycles. The number of sulfone groups is 1. The largest absolute Gasteiger partial charge is 0.497 e. The lowest BCUT2D eigenvalue weighted by molar-refractivity contribution is -0.109. The normalized spacial score (nSPS) is 18.3. The zero-order valence-corrected chi connectivity index (χ0v) is 19.2. The van der Waals surface area contributed by atoms with Gasteiger partial charge >= 0.3 is 6.09 Å². The van der Waals surface area contributed by atoms with Gasteiger partial charge in [0, 0.05) is 0 Å². The van der Waals surface area contributed by atoms with Crippen molar-refractivity contribution in [3.05, 3.63) is 60.2 Å². The molecular weight excluding hydrogens is 448 g/mol. The van der Waals surface area contributed by atoms with Gasteiger partial charge in [-0.15, -0.1) is 0 Å². The van der Waals surface area contributed by atoms with Gasteiger partial charge in [-0.25, -0.2) is 13.2 Å². The van der Waals surface area contributed by atoms with Crippen molar-refractivity contribution in [3.8, 4) is 5.75 Å². The lowest BCUT2D eigenvalue weighted by Gasteiger charge is -2.39. The Morgan fingerprint density at radius 3 is 2.30 bits per heavy atom. The minimum atomic E-state index is -4.47. The van der Waals surface area contributed by atoms with E-state index < -0.39 is 39.2 Å². The monoisotopic (exact) mass is 478 g/mol. The Labute approximate surface area is 193 Å². The van der Waals surface area contributed by atoms with Crippen LogP contribution in [0.1, 0.15) is 31.2 Å². The standard InChI is InChI=1S/C23H30N2O7S/c1-31-17-11-13-19(14-12-17)33(29,30)23(24,32-18-9-5-6-10-18)21(26)20(25-22(27)28)15-16-7-3-2-4-8-16/h2-4,7-8,11-14,18,20-21,25-26H,5-6,9-10,15,24H2,1H3,(H,27,28)/t20-,21+,23?/m0/s1. The number of hydrogen-bond donors (Lipinski definition) is 4. The van der Waals surface area contributed by atoms with E-state index in [0.717, 1.165) is 12.8 Å². The number of methoxy groups -OCH3 is 1. The van der Waals surface area contributed by atoms with Gasteiger partial charge in [-0.2, -0.15) is 0 Å². The van der Waals surface area contributed by atoms with Crippen LogP contribution in [-0.4, -0.2) is 55.1 Å². The summed E-state index contributed by atoms with van der Waals surface area (Å²) in [5.41, 5.74) is 7.10. The number of hydrogen-bond acceptors (Lipinski definition) is 7. The third-order valence-corrected chi connectivity index (χ3v) is 7.91. The molecule has 2 aromatic rings. The molecule has 2 aromatic carbocycles. The summed E-state index contributed by atoms with van der Waals surface area (Å²) >= 11 is 0. The Morgan fingerprint density at radius 2 is 1.76 bits per heavy atom. The zero-order valence-electron chi connectivity index (χ0n) is 18.4. The topological polar surface area (TPSA) is 148 Å². The summed E-state index contributed by atoms with van der Waals surface area (Å²) in [5, 5.41) is 20.3. The molecule has 1 unspecified atom stereocenters. The second kappa shape index (κ2) is 10.5. The molecule has 180 valence electrons. The van der Waals surface area contributed by atoms with Crippen molar-refractivity contribution in [2.24, 2.45) is 5.73 Å². The van der Waals surface area contributed by atoms with Gasteiger partial charge in [0.25, 0.3) is 5.06 Å². The number of nitrogens with one attached hydrogen (secondary N) is 1. The van der Waals surface area contributed by atoms with Gasteiger partial charge < -0.3 is 25.0 Å². The number of benzene rings is 2. The molecule has 3 rings (SSSR count). The summed E-state index contributed by atoms with van der Waals surface area (Å²) in [6.45, 7) is 0. The van der Waals surface area contributed by atoms with Crippen molar-refractivity contribution in [2.75, 3.05) is 7.11 Å². The van der Waals surface area contributed by atoms with Crippen LogP contribution in [0.4, 0.5) is 4.79 Å². The van der Waals surface area contributed by atoms with E-state index in [2.05, 4.69) is 5.32 Å². The second-order valence-corrected chi connectivity index (χ2v) is 10.2. The molecular formula is C23H30N2O7S. The number of nitrogens with two attached hydrogens (primary N) is 1. The van der Waals surface area contributed by atoms with Gasteiger partial charge in [0.05, 0.1) is 24.2 Å². The maximum Gasteiger partial charge on any atom is 0.404 e. The van der Waals surface area contributed by atoms with Gasteiger partial charge in [0.1, 0.15) is 11.9 Å². The van der Waals surface area contributed by atoms with Crippen LogP contribution in [0.25, 0.3) is 0 Å². The van der Waals surface area contributed by atoms with E-state index in [4.69, 9.17) is 15.2 Å². The van der Waals surface area contributed by atoms with Crippen molar-refractivity contribution in [1.29, 1.82) is 0 Å². The van der Waals surface area contributed by atoms with E-state index in [0.29, 0.717) is 24.2 Å². The highest BCUT2D eigenvalue weighted by Crippen LogP contribution is 2.34. The van der Waals surface area contributed by atoms with Crippen LogP contribution in [-0.2, 0) is 21.0 Å². The number of aliphatic hydroxyl groups is 1. The van der Waals surface area contributed by atoms with Gasteiger partial charge in [-0.3, -0.25) is 5.73 Å². The first-order chi connectivity index (χ1) is 15.7. The van der Waals surface area contributed by atoms with Gasteiger partial charge in [0.15, 0.2) is 0 Å². The maximum atomic E-state index is 13.7. The lowest BCUT2D eigenvalue weighted by Crippen LogP contribution is -2.66. The summed E-state index contributed by atoms with van der Waals surface area (Å²) in [5.74, 6) is 0.448. The Morgan fingerprint density at radius 1 is 1.15 bits per heavy atom. The first-order valence-corrected chi connectivity index (χ1v) is 12.2. The average molecular weight is 479 g/mol. The van der Waals surface area contributed by atoms with Crippen molar-refractivity contribution in [3.63, 3.8) is 0 Å². The summed E-state index contributed by atoms with van der Waals surface area (Å²) < 4.78 is 38.4. The van der Waals surface area contributed by atoms with E-state index in [1.165, 1.54) is 31.4 Å². The molecule has 0 aromatic heterocycles. The van der Waals surface area contributed by atoms with Crippen molar-refractivity contribution in [1.82, 2.24) is 5.32 Å². The van der Waals surface area contributed by atoms with Gasteiger partial charge in [0.2, 0.25) is 9.84 Å². The molecule has 10 heteroatoms. The molecule has 1 aliphatic rings. The second-order valence-electron chi connectivity index (χ2n) is 8.12. The zero-order chi connectivity index (χ0) is 24.1. The van der Waals surface area contributed by atoms with Crippen molar-refractivity contribution in [2.45, 2.75) is 60.3 Å². The molecule has 5 N–H and O–H groups in total. The number of aliphatic hydroxyl groups excluding tert-OH is 1. The molecule has 33 heavy (non-hydrogen) atoms. The van der Waals surface area contributed by atoms with Crippen LogP contribution in [0.2, 0.25) is 0 Å². The molecule has 0 radical (unpaired) electrons. The van der Waals surface area contributed by atoms with Crippen LogP contribution in [0.5, 0.6) is 5.75 Å². The molecule has 1 amide bonds. The molecule has 0 spiro atoms. The van der Waals surface area contributed by atoms with Crippen LogP contribution in [0.15, 0.2) is 59.5 Å². The predicted molar refractivity (Wildman–Crippen MR) is 122 cm³/mol. The molecule has 0 saturated heterocycles. The van der Waals surface area contributed by atoms with Gasteiger partial charge in [-0.1, -0.05) is 43.2 Å². The highest BCUT2D eigenvalue weighted by Gasteiger charge is 2.53. The van der Waals surface area contributed by atoms with Crippen LogP contribution >= 0.6 is 0 Å². The number of ether oxygens (including phenoxy) is 2. The van der Waals surface area contributed by atoms with Crippen molar-refractivity contribution < 1.29 is 32.9 Å². The van der Waals surface area contributed by atoms with Crippen LogP contribution in [0.3, 0.4) is 0 Å². The summed E-state index contributed by atoms with van der Waals surface area (Å²) in [4.78, 5) is 11.3. The number of rotatable bonds is 10. The smallest absolute Gasteiger partial charge is 0.404 e. The Kier molecular flexibility index (Phi) is 7.96. The fourth-order valence-electron chi connectivity index (χ4n) is 4.05. The third kappa shape index (κ3) is 5.64. The SMILES string of the molecule is COc1ccc(S(=O)(=O)C(N)(OC2CCCC2)[C@H](O)[C@H](Cc2ccccc2)NC(=O)O)cc1. The molecule has 3 atom stereocenters. The van der Waals surface area contributed by atoms with Crippen LogP contribution in [0, 0.1) is 0 Å². The summed E-state index contributed by atoms with van der Waals surface area (Å²) in [6, 6.07) is 13.1. The van der Waals surface area contributed by atoms with Crippen LogP contribution < -0.4 is 15.8 Å². The molecule has 0 bridgehead atoms. The van der Waals surface area contributed by atoms with Gasteiger partial charge in [-0.05, 0) is 49.1 Å². The van der Waals surface area contributed by atoms with E-state index in [1.54, 1.807) is 30.3 Å². The highest BCUT2D eigenvalue weighted by molar-refractivity contribution is 7.92. The molecule has 0 heterocycles.